The van der Waals surface area contributed by atoms with Crippen LogP contribution >= 0.6 is 0 Å². The van der Waals surface area contributed by atoms with Gasteiger partial charge in [-0.1, -0.05) is 0 Å². The first-order valence-corrected chi connectivity index (χ1v) is 9.28. The fraction of sp³-hybridized carbons (Fsp3) is 0.889. The Morgan fingerprint density at radius 2 is 1.58 bits per heavy atom. The molecule has 1 heterocycles. The largest absolute Gasteiger partial charge is 0.481 e. The number of nitrogens with zero attached hydrogens (tertiary/aromatic N) is 2. The van der Waals surface area contributed by atoms with E-state index in [4.69, 9.17) is 5.11 Å². The van der Waals surface area contributed by atoms with Crippen LogP contribution in [0.1, 0.15) is 13.3 Å². The van der Waals surface area contributed by atoms with Gasteiger partial charge in [-0.05, 0) is 6.92 Å². The molecule has 112 valence electrons. The first-order chi connectivity index (χ1) is 8.43. The molecule has 1 aliphatic heterocycles. The summed E-state index contributed by atoms with van der Waals surface area (Å²) in [7, 11) is -7.07. The second-order valence-electron chi connectivity index (χ2n) is 4.77. The van der Waals surface area contributed by atoms with E-state index < -0.39 is 44.5 Å². The highest BCUT2D eigenvalue weighted by molar-refractivity contribution is 7.88. The van der Waals surface area contributed by atoms with Crippen LogP contribution in [0.2, 0.25) is 0 Å². The second kappa shape index (κ2) is 5.35. The lowest BCUT2D eigenvalue weighted by atomic mass is 10.1. The Labute approximate surface area is 113 Å². The molecule has 0 aromatic heterocycles. The van der Waals surface area contributed by atoms with Gasteiger partial charge in [0.25, 0.3) is 0 Å². The van der Waals surface area contributed by atoms with E-state index in [2.05, 4.69) is 0 Å². The molecule has 10 heteroatoms. The predicted molar refractivity (Wildman–Crippen MR) is 68.6 cm³/mol. The molecule has 1 saturated heterocycles. The minimum Gasteiger partial charge on any atom is -0.481 e. The van der Waals surface area contributed by atoms with Crippen LogP contribution in [0.25, 0.3) is 0 Å². The third-order valence-electron chi connectivity index (χ3n) is 3.00. The van der Waals surface area contributed by atoms with Crippen LogP contribution < -0.4 is 0 Å². The Bertz CT molecular complexity index is 555. The van der Waals surface area contributed by atoms with E-state index >= 15 is 0 Å². The molecule has 0 saturated carbocycles. The molecule has 0 aliphatic carbocycles. The van der Waals surface area contributed by atoms with Crippen molar-refractivity contribution in [1.29, 1.82) is 0 Å². The molecular weight excluding hydrogens is 296 g/mol. The minimum absolute atomic E-state index is 0.0378. The first kappa shape index (κ1) is 16.3. The third-order valence-corrected chi connectivity index (χ3v) is 5.66. The zero-order valence-electron chi connectivity index (χ0n) is 11.0. The van der Waals surface area contributed by atoms with Crippen molar-refractivity contribution < 1.29 is 26.7 Å². The maximum absolute atomic E-state index is 11.6. The molecule has 0 amide bonds. The molecule has 0 aromatic rings. The Balaban J connectivity index is 3.09. The van der Waals surface area contributed by atoms with E-state index in [9.17, 15) is 21.6 Å². The molecule has 0 radical (unpaired) electrons. The number of carbonyl (C=O) groups is 1. The van der Waals surface area contributed by atoms with Crippen LogP contribution in [0.5, 0.6) is 0 Å². The summed E-state index contributed by atoms with van der Waals surface area (Å²) in [6, 6.07) is -1.40. The van der Waals surface area contributed by atoms with Crippen molar-refractivity contribution in [3.05, 3.63) is 0 Å². The molecule has 1 N–H and O–H groups in total. The first-order valence-electron chi connectivity index (χ1n) is 5.58. The fourth-order valence-corrected chi connectivity index (χ4v) is 4.55. The normalized spacial score (nSPS) is 27.3. The maximum atomic E-state index is 11.6. The zero-order chi connectivity index (χ0) is 15.0. The number of piperazine rings is 1. The summed E-state index contributed by atoms with van der Waals surface area (Å²) in [6.07, 6.45) is 1.59. The molecule has 19 heavy (non-hydrogen) atoms. The second-order valence-corrected chi connectivity index (χ2v) is 8.64. The van der Waals surface area contributed by atoms with Gasteiger partial charge in [0.15, 0.2) is 0 Å². The van der Waals surface area contributed by atoms with Gasteiger partial charge >= 0.3 is 5.97 Å². The fourth-order valence-electron chi connectivity index (χ4n) is 2.22. The molecule has 0 aromatic carbocycles. The SMILES string of the molecule is CC1CN(S(C)(=O)=O)C(CC(=O)O)CN1S(C)(=O)=O. The van der Waals surface area contributed by atoms with Crippen molar-refractivity contribution in [3.8, 4) is 0 Å². The van der Waals surface area contributed by atoms with Crippen molar-refractivity contribution in [1.82, 2.24) is 8.61 Å². The number of rotatable bonds is 4. The van der Waals surface area contributed by atoms with Crippen LogP contribution in [0.15, 0.2) is 0 Å². The summed E-state index contributed by atoms with van der Waals surface area (Å²) in [5.41, 5.74) is 0. The summed E-state index contributed by atoms with van der Waals surface area (Å²) in [5, 5.41) is 8.81. The van der Waals surface area contributed by atoms with Crippen molar-refractivity contribution in [2.24, 2.45) is 0 Å². The maximum Gasteiger partial charge on any atom is 0.305 e. The molecule has 1 aliphatic rings. The number of carboxylic acids is 1. The van der Waals surface area contributed by atoms with E-state index in [1.165, 1.54) is 0 Å². The Morgan fingerprint density at radius 1 is 1.11 bits per heavy atom. The summed E-state index contributed by atoms with van der Waals surface area (Å²) >= 11 is 0. The summed E-state index contributed by atoms with van der Waals surface area (Å²) in [4.78, 5) is 10.8. The van der Waals surface area contributed by atoms with Crippen molar-refractivity contribution in [3.63, 3.8) is 0 Å². The summed E-state index contributed by atoms with van der Waals surface area (Å²) in [5.74, 6) is -1.17. The van der Waals surface area contributed by atoms with Gasteiger partial charge in [-0.3, -0.25) is 4.79 Å². The number of aliphatic carboxylic acids is 1. The van der Waals surface area contributed by atoms with Crippen LogP contribution in [0.4, 0.5) is 0 Å². The number of hydrogen-bond donors (Lipinski definition) is 1. The molecule has 0 spiro atoms. The average molecular weight is 314 g/mol. The smallest absolute Gasteiger partial charge is 0.305 e. The van der Waals surface area contributed by atoms with Crippen LogP contribution in [0, 0.1) is 0 Å². The Morgan fingerprint density at radius 3 is 1.95 bits per heavy atom. The molecule has 2 atom stereocenters. The van der Waals surface area contributed by atoms with Crippen LogP contribution in [-0.2, 0) is 24.8 Å². The molecule has 8 nitrogen and oxygen atoms in total. The Kier molecular flexibility index (Phi) is 4.60. The third kappa shape index (κ3) is 4.13. The van der Waals surface area contributed by atoms with E-state index in [0.717, 1.165) is 21.1 Å². The zero-order valence-corrected chi connectivity index (χ0v) is 12.6. The highest BCUT2D eigenvalue weighted by Crippen LogP contribution is 2.22. The molecule has 2 unspecified atom stereocenters. The van der Waals surface area contributed by atoms with Gasteiger partial charge in [0.05, 0.1) is 18.9 Å². The van der Waals surface area contributed by atoms with Gasteiger partial charge in [-0.2, -0.15) is 8.61 Å². The predicted octanol–water partition coefficient (Wildman–Crippen LogP) is -1.24. The number of sulfonamides is 2. The van der Waals surface area contributed by atoms with E-state index in [0.29, 0.717) is 0 Å². The van der Waals surface area contributed by atoms with Crippen molar-refractivity contribution in [2.45, 2.75) is 25.4 Å². The average Bonchev–Trinajstić information content (AvgIpc) is 2.16. The summed E-state index contributed by atoms with van der Waals surface area (Å²) in [6.45, 7) is 1.42. The highest BCUT2D eigenvalue weighted by atomic mass is 32.2. The molecule has 1 rings (SSSR count). The van der Waals surface area contributed by atoms with Gasteiger partial charge in [-0.15, -0.1) is 0 Å². The lowest BCUT2D eigenvalue weighted by Gasteiger charge is -2.42. The lowest BCUT2D eigenvalue weighted by Crippen LogP contribution is -2.60. The molecule has 1 fully saturated rings. The van der Waals surface area contributed by atoms with Crippen LogP contribution in [0.3, 0.4) is 0 Å². The van der Waals surface area contributed by atoms with E-state index in [-0.39, 0.29) is 13.1 Å². The van der Waals surface area contributed by atoms with Crippen LogP contribution in [-0.4, -0.2) is 74.2 Å². The van der Waals surface area contributed by atoms with Gasteiger partial charge in [0.2, 0.25) is 20.0 Å². The lowest BCUT2D eigenvalue weighted by molar-refractivity contribution is -0.138. The van der Waals surface area contributed by atoms with Crippen molar-refractivity contribution in [2.75, 3.05) is 25.6 Å². The quantitative estimate of drug-likeness (QED) is 0.694. The molecule has 0 bridgehead atoms. The van der Waals surface area contributed by atoms with Crippen molar-refractivity contribution >= 4 is 26.0 Å². The number of carboxylic acid groups (broad SMARTS) is 1. The summed E-state index contributed by atoms with van der Waals surface area (Å²) < 4.78 is 48.7. The standard InChI is InChI=1S/C9H18N2O6S2/c1-7-5-11(19(3,16)17)8(4-9(12)13)6-10(7)18(2,14)15/h7-8H,4-6H2,1-3H3,(H,12,13). The van der Waals surface area contributed by atoms with Gasteiger partial charge in [0, 0.05) is 25.2 Å². The molecular formula is C9H18N2O6S2. The number of hydrogen-bond acceptors (Lipinski definition) is 5. The monoisotopic (exact) mass is 314 g/mol. The highest BCUT2D eigenvalue weighted by Gasteiger charge is 2.40. The van der Waals surface area contributed by atoms with Gasteiger partial charge in [0.1, 0.15) is 0 Å². The topological polar surface area (TPSA) is 112 Å². The van der Waals surface area contributed by atoms with E-state index in [1.54, 1.807) is 6.92 Å². The Hall–Kier alpha value is -0.710. The minimum atomic E-state index is -3.57. The van der Waals surface area contributed by atoms with Gasteiger partial charge in [-0.25, -0.2) is 16.8 Å². The van der Waals surface area contributed by atoms with E-state index in [1.807, 2.05) is 0 Å². The van der Waals surface area contributed by atoms with Gasteiger partial charge < -0.3 is 5.11 Å².